The highest BCUT2D eigenvalue weighted by Gasteiger charge is 2.32. The number of carboxylic acids is 1. The van der Waals surface area contributed by atoms with Gasteiger partial charge >= 0.3 is 5.97 Å². The molecule has 1 fully saturated rings. The van der Waals surface area contributed by atoms with Crippen LogP contribution in [0.15, 0.2) is 18.2 Å². The zero-order chi connectivity index (χ0) is 11.7. The van der Waals surface area contributed by atoms with E-state index in [1.165, 1.54) is 18.2 Å². The van der Waals surface area contributed by atoms with E-state index < -0.39 is 5.97 Å². The largest absolute Gasteiger partial charge is 0.481 e. The van der Waals surface area contributed by atoms with Crippen molar-refractivity contribution in [1.82, 2.24) is 4.90 Å². The standard InChI is InChI=1S/C11H11ClFNO2/c12-10-2-1-9(13)3-7(10)4-14-5-8(6-14)11(15)16/h1-3,8H,4-6H2,(H,15,16). The van der Waals surface area contributed by atoms with E-state index in [1.807, 2.05) is 4.90 Å². The summed E-state index contributed by atoms with van der Waals surface area (Å²) in [6.45, 7) is 1.50. The second-order valence-corrected chi connectivity index (χ2v) is 4.37. The summed E-state index contributed by atoms with van der Waals surface area (Å²) in [4.78, 5) is 12.5. The summed E-state index contributed by atoms with van der Waals surface area (Å²) in [6.07, 6.45) is 0. The summed E-state index contributed by atoms with van der Waals surface area (Å²) < 4.78 is 13.0. The van der Waals surface area contributed by atoms with Gasteiger partial charge in [-0.15, -0.1) is 0 Å². The molecule has 1 saturated heterocycles. The molecule has 0 aromatic heterocycles. The molecule has 1 aliphatic heterocycles. The Hall–Kier alpha value is -1.13. The van der Waals surface area contributed by atoms with Crippen LogP contribution in [0.4, 0.5) is 4.39 Å². The predicted octanol–water partition coefficient (Wildman–Crippen LogP) is 2.00. The van der Waals surface area contributed by atoms with Crippen molar-refractivity contribution in [2.45, 2.75) is 6.54 Å². The fraction of sp³-hybridized carbons (Fsp3) is 0.364. The quantitative estimate of drug-likeness (QED) is 0.883. The Kier molecular flexibility index (Phi) is 3.12. The number of hydrogen-bond donors (Lipinski definition) is 1. The van der Waals surface area contributed by atoms with Gasteiger partial charge in [-0.25, -0.2) is 4.39 Å². The Morgan fingerprint density at radius 2 is 2.25 bits per heavy atom. The average molecular weight is 244 g/mol. The van der Waals surface area contributed by atoms with Crippen LogP contribution in [-0.4, -0.2) is 29.1 Å². The summed E-state index contributed by atoms with van der Waals surface area (Å²) in [5, 5.41) is 9.22. The van der Waals surface area contributed by atoms with Crippen molar-refractivity contribution < 1.29 is 14.3 Å². The van der Waals surface area contributed by atoms with Gasteiger partial charge < -0.3 is 5.11 Å². The molecule has 1 aliphatic rings. The molecule has 0 bridgehead atoms. The minimum Gasteiger partial charge on any atom is -0.481 e. The second-order valence-electron chi connectivity index (χ2n) is 3.96. The number of carbonyl (C=O) groups is 1. The Bertz CT molecular complexity index is 418. The topological polar surface area (TPSA) is 40.5 Å². The first-order valence-electron chi connectivity index (χ1n) is 4.95. The highest BCUT2D eigenvalue weighted by Crippen LogP contribution is 2.23. The SMILES string of the molecule is O=C(O)C1CN(Cc2cc(F)ccc2Cl)C1. The summed E-state index contributed by atoms with van der Waals surface area (Å²) in [6, 6.07) is 4.21. The first-order valence-corrected chi connectivity index (χ1v) is 5.33. The maximum Gasteiger partial charge on any atom is 0.309 e. The Labute approximate surface area is 97.4 Å². The van der Waals surface area contributed by atoms with Gasteiger partial charge in [-0.3, -0.25) is 9.69 Å². The summed E-state index contributed by atoms with van der Waals surface area (Å²) >= 11 is 5.91. The highest BCUT2D eigenvalue weighted by molar-refractivity contribution is 6.31. The van der Waals surface area contributed by atoms with Gasteiger partial charge in [0.15, 0.2) is 0 Å². The molecular formula is C11H11ClFNO2. The first-order chi connectivity index (χ1) is 7.56. The predicted molar refractivity (Wildman–Crippen MR) is 57.8 cm³/mol. The van der Waals surface area contributed by atoms with E-state index in [2.05, 4.69) is 0 Å². The maximum absolute atomic E-state index is 13.0. The fourth-order valence-electron chi connectivity index (χ4n) is 1.76. The molecule has 0 amide bonds. The van der Waals surface area contributed by atoms with Gasteiger partial charge in [-0.05, 0) is 23.8 Å². The number of rotatable bonds is 3. The van der Waals surface area contributed by atoms with E-state index in [1.54, 1.807) is 0 Å². The van der Waals surface area contributed by atoms with Gasteiger partial charge in [0.1, 0.15) is 5.82 Å². The number of hydrogen-bond acceptors (Lipinski definition) is 2. The molecule has 1 heterocycles. The van der Waals surface area contributed by atoms with Crippen molar-refractivity contribution in [2.24, 2.45) is 5.92 Å². The van der Waals surface area contributed by atoms with Crippen LogP contribution in [0, 0.1) is 11.7 Å². The molecule has 0 radical (unpaired) electrons. The van der Waals surface area contributed by atoms with Crippen LogP contribution in [-0.2, 0) is 11.3 Å². The molecule has 1 N–H and O–H groups in total. The van der Waals surface area contributed by atoms with Crippen molar-refractivity contribution in [3.8, 4) is 0 Å². The molecule has 5 heteroatoms. The lowest BCUT2D eigenvalue weighted by atomic mass is 9.99. The van der Waals surface area contributed by atoms with Gasteiger partial charge in [0.25, 0.3) is 0 Å². The zero-order valence-corrected chi connectivity index (χ0v) is 9.25. The van der Waals surface area contributed by atoms with Gasteiger partial charge in [-0.2, -0.15) is 0 Å². The van der Waals surface area contributed by atoms with Crippen molar-refractivity contribution in [2.75, 3.05) is 13.1 Å². The molecule has 1 aromatic carbocycles. The van der Waals surface area contributed by atoms with Gasteiger partial charge in [0.05, 0.1) is 5.92 Å². The summed E-state index contributed by atoms with van der Waals surface area (Å²) in [7, 11) is 0. The van der Waals surface area contributed by atoms with Crippen LogP contribution in [0.3, 0.4) is 0 Å². The van der Waals surface area contributed by atoms with Gasteiger partial charge in [0.2, 0.25) is 0 Å². The first kappa shape index (κ1) is 11.4. The molecule has 3 nitrogen and oxygen atoms in total. The number of benzene rings is 1. The van der Waals surface area contributed by atoms with Crippen LogP contribution in [0.25, 0.3) is 0 Å². The van der Waals surface area contributed by atoms with E-state index in [0.717, 1.165) is 0 Å². The van der Waals surface area contributed by atoms with Crippen LogP contribution in [0.2, 0.25) is 5.02 Å². The number of carboxylic acid groups (broad SMARTS) is 1. The monoisotopic (exact) mass is 243 g/mol. The molecule has 0 saturated carbocycles. The summed E-state index contributed by atoms with van der Waals surface area (Å²) in [5.41, 5.74) is 0.700. The minimum absolute atomic E-state index is 0.299. The van der Waals surface area contributed by atoms with E-state index in [0.29, 0.717) is 30.2 Å². The Morgan fingerprint density at radius 1 is 1.56 bits per heavy atom. The Morgan fingerprint density at radius 3 is 2.88 bits per heavy atom. The molecular weight excluding hydrogens is 233 g/mol. The fourth-order valence-corrected chi connectivity index (χ4v) is 1.94. The van der Waals surface area contributed by atoms with Gasteiger partial charge in [-0.1, -0.05) is 11.6 Å². The highest BCUT2D eigenvalue weighted by atomic mass is 35.5. The molecule has 0 spiro atoms. The van der Waals surface area contributed by atoms with Crippen molar-refractivity contribution in [1.29, 1.82) is 0 Å². The number of aliphatic carboxylic acids is 1. The molecule has 1 aromatic rings. The average Bonchev–Trinajstić information content (AvgIpc) is 2.15. The third kappa shape index (κ3) is 2.33. The van der Waals surface area contributed by atoms with E-state index in [9.17, 15) is 9.18 Å². The Balaban J connectivity index is 1.96. The van der Waals surface area contributed by atoms with Crippen molar-refractivity contribution >= 4 is 17.6 Å². The minimum atomic E-state index is -0.776. The van der Waals surface area contributed by atoms with Crippen LogP contribution < -0.4 is 0 Å². The number of likely N-dealkylation sites (tertiary alicyclic amines) is 1. The molecule has 2 rings (SSSR count). The van der Waals surface area contributed by atoms with E-state index >= 15 is 0 Å². The molecule has 0 unspecified atom stereocenters. The lowest BCUT2D eigenvalue weighted by Crippen LogP contribution is -2.49. The molecule has 0 aliphatic carbocycles. The third-order valence-corrected chi connectivity index (χ3v) is 3.08. The van der Waals surface area contributed by atoms with E-state index in [4.69, 9.17) is 16.7 Å². The van der Waals surface area contributed by atoms with Crippen LogP contribution in [0.1, 0.15) is 5.56 Å². The number of nitrogens with zero attached hydrogens (tertiary/aromatic N) is 1. The molecule has 86 valence electrons. The van der Waals surface area contributed by atoms with Crippen molar-refractivity contribution in [3.05, 3.63) is 34.6 Å². The van der Waals surface area contributed by atoms with Crippen LogP contribution in [0.5, 0.6) is 0 Å². The normalized spacial score (nSPS) is 17.1. The lowest BCUT2D eigenvalue weighted by Gasteiger charge is -2.36. The van der Waals surface area contributed by atoms with E-state index in [-0.39, 0.29) is 11.7 Å². The third-order valence-electron chi connectivity index (χ3n) is 2.71. The van der Waals surface area contributed by atoms with Gasteiger partial charge in [0, 0.05) is 24.7 Å². The molecule has 0 atom stereocenters. The lowest BCUT2D eigenvalue weighted by molar-refractivity contribution is -0.147. The van der Waals surface area contributed by atoms with Crippen molar-refractivity contribution in [3.63, 3.8) is 0 Å². The zero-order valence-electron chi connectivity index (χ0n) is 8.49. The number of halogens is 2. The van der Waals surface area contributed by atoms with Crippen LogP contribution >= 0.6 is 11.6 Å². The molecule has 16 heavy (non-hydrogen) atoms. The maximum atomic E-state index is 13.0. The summed E-state index contributed by atoms with van der Waals surface area (Å²) in [5.74, 6) is -1.40. The smallest absolute Gasteiger partial charge is 0.309 e. The second kappa shape index (κ2) is 4.39.